The molecule has 9 heteroatoms. The number of amides is 2. The van der Waals surface area contributed by atoms with E-state index in [-0.39, 0.29) is 11.8 Å². The van der Waals surface area contributed by atoms with Gasteiger partial charge in [-0.2, -0.15) is 0 Å². The summed E-state index contributed by atoms with van der Waals surface area (Å²) in [6, 6.07) is 3.98. The van der Waals surface area contributed by atoms with E-state index in [1.165, 1.54) is 11.3 Å². The van der Waals surface area contributed by atoms with Gasteiger partial charge in [-0.15, -0.1) is 11.3 Å². The molecule has 4 heterocycles. The molecular weight excluding hydrogens is 390 g/mol. The van der Waals surface area contributed by atoms with Gasteiger partial charge in [0.05, 0.1) is 19.4 Å². The maximum atomic E-state index is 12.4. The number of morpholine rings is 1. The van der Waals surface area contributed by atoms with E-state index in [0.29, 0.717) is 24.4 Å². The number of anilines is 1. The smallest absolute Gasteiger partial charge is 0.263 e. The molecule has 1 N–H and O–H groups in total. The van der Waals surface area contributed by atoms with Crippen molar-refractivity contribution in [2.75, 3.05) is 50.8 Å². The first-order valence-corrected chi connectivity index (χ1v) is 10.8. The number of nitrogens with zero attached hydrogens (tertiary/aromatic N) is 4. The summed E-state index contributed by atoms with van der Waals surface area (Å²) < 4.78 is 5.37. The van der Waals surface area contributed by atoms with Crippen molar-refractivity contribution in [3.8, 4) is 10.6 Å². The number of aromatic nitrogens is 2. The molecule has 0 unspecified atom stereocenters. The van der Waals surface area contributed by atoms with Crippen molar-refractivity contribution in [3.05, 3.63) is 29.4 Å². The number of nitrogens with one attached hydrogen (secondary N) is 1. The molecule has 2 fully saturated rings. The summed E-state index contributed by atoms with van der Waals surface area (Å²) in [5.41, 5.74) is 0.901. The molecule has 8 nitrogen and oxygen atoms in total. The van der Waals surface area contributed by atoms with Crippen molar-refractivity contribution in [2.24, 2.45) is 0 Å². The summed E-state index contributed by atoms with van der Waals surface area (Å²) in [5, 5.41) is 3.69. The molecule has 0 spiro atoms. The summed E-state index contributed by atoms with van der Waals surface area (Å²) in [6.07, 6.45) is 5.76. The van der Waals surface area contributed by atoms with Gasteiger partial charge in [-0.05, 0) is 25.0 Å². The second-order valence-corrected chi connectivity index (χ2v) is 8.16. The van der Waals surface area contributed by atoms with Gasteiger partial charge in [0.1, 0.15) is 15.7 Å². The van der Waals surface area contributed by atoms with Crippen molar-refractivity contribution >= 4 is 29.0 Å². The maximum Gasteiger partial charge on any atom is 0.263 e. The molecule has 0 radical (unpaired) electrons. The maximum absolute atomic E-state index is 12.4. The van der Waals surface area contributed by atoms with Crippen LogP contribution < -0.4 is 10.2 Å². The third-order valence-electron chi connectivity index (χ3n) is 5.12. The van der Waals surface area contributed by atoms with Crippen LogP contribution in [0.5, 0.6) is 0 Å². The van der Waals surface area contributed by atoms with E-state index < -0.39 is 0 Å². The van der Waals surface area contributed by atoms with Gasteiger partial charge in [0.15, 0.2) is 0 Å². The van der Waals surface area contributed by atoms with Crippen molar-refractivity contribution in [3.63, 3.8) is 0 Å². The highest BCUT2D eigenvalue weighted by Gasteiger charge is 2.19. The van der Waals surface area contributed by atoms with Crippen LogP contribution in [0.15, 0.2) is 24.5 Å². The van der Waals surface area contributed by atoms with Crippen molar-refractivity contribution in [1.29, 1.82) is 0 Å². The zero-order chi connectivity index (χ0) is 20.1. The molecule has 2 aliphatic heterocycles. The van der Waals surface area contributed by atoms with Crippen LogP contribution >= 0.6 is 11.3 Å². The molecule has 2 aliphatic rings. The first kappa shape index (κ1) is 19.8. The van der Waals surface area contributed by atoms with E-state index in [1.54, 1.807) is 12.4 Å². The highest BCUT2D eigenvalue weighted by Crippen LogP contribution is 2.26. The van der Waals surface area contributed by atoms with Crippen LogP contribution in [0.1, 0.15) is 28.9 Å². The zero-order valence-electron chi connectivity index (χ0n) is 16.3. The van der Waals surface area contributed by atoms with Crippen molar-refractivity contribution in [1.82, 2.24) is 20.2 Å². The Morgan fingerprint density at radius 3 is 2.76 bits per heavy atom. The Kier molecular flexibility index (Phi) is 6.36. The molecule has 0 atom stereocenters. The molecule has 2 amide bonds. The van der Waals surface area contributed by atoms with Gasteiger partial charge in [-0.3, -0.25) is 9.59 Å². The molecule has 4 rings (SSSR count). The number of carbonyl (C=O) groups is 2. The number of rotatable bonds is 7. The Hall–Kier alpha value is -2.52. The van der Waals surface area contributed by atoms with Gasteiger partial charge >= 0.3 is 0 Å². The van der Waals surface area contributed by atoms with E-state index in [2.05, 4.69) is 20.2 Å². The number of likely N-dealkylation sites (tertiary alicyclic amines) is 1. The van der Waals surface area contributed by atoms with Gasteiger partial charge in [0.2, 0.25) is 5.91 Å². The van der Waals surface area contributed by atoms with Crippen LogP contribution in [0.3, 0.4) is 0 Å². The minimum atomic E-state index is -0.126. The molecule has 0 bridgehead atoms. The largest absolute Gasteiger partial charge is 0.378 e. The minimum absolute atomic E-state index is 0.126. The van der Waals surface area contributed by atoms with Gasteiger partial charge in [-0.1, -0.05) is 0 Å². The van der Waals surface area contributed by atoms with Crippen LogP contribution in [0.25, 0.3) is 10.6 Å². The van der Waals surface area contributed by atoms with Gasteiger partial charge in [0.25, 0.3) is 5.91 Å². The Labute approximate surface area is 173 Å². The van der Waals surface area contributed by atoms with E-state index in [4.69, 9.17) is 4.74 Å². The number of carbonyl (C=O) groups excluding carboxylic acids is 2. The molecule has 0 saturated carbocycles. The average Bonchev–Trinajstić information content (AvgIpc) is 3.41. The van der Waals surface area contributed by atoms with E-state index >= 15 is 0 Å². The number of thiazole rings is 1. The molecule has 2 aromatic rings. The lowest BCUT2D eigenvalue weighted by molar-refractivity contribution is -0.127. The van der Waals surface area contributed by atoms with Crippen LogP contribution in [0.4, 0.5) is 5.82 Å². The Morgan fingerprint density at radius 1 is 1.17 bits per heavy atom. The van der Waals surface area contributed by atoms with Crippen LogP contribution in [0.2, 0.25) is 0 Å². The monoisotopic (exact) mass is 415 g/mol. The quantitative estimate of drug-likeness (QED) is 0.694. The van der Waals surface area contributed by atoms with E-state index in [1.807, 2.05) is 17.0 Å². The molecule has 2 saturated heterocycles. The van der Waals surface area contributed by atoms with Gasteiger partial charge < -0.3 is 19.9 Å². The molecule has 29 heavy (non-hydrogen) atoms. The predicted octanol–water partition coefficient (Wildman–Crippen LogP) is 1.78. The topological polar surface area (TPSA) is 87.7 Å². The van der Waals surface area contributed by atoms with Crippen LogP contribution in [-0.4, -0.2) is 72.6 Å². The fourth-order valence-corrected chi connectivity index (χ4v) is 4.33. The van der Waals surface area contributed by atoms with Gasteiger partial charge in [-0.25, -0.2) is 9.97 Å². The summed E-state index contributed by atoms with van der Waals surface area (Å²) >= 11 is 1.36. The van der Waals surface area contributed by atoms with E-state index in [0.717, 1.165) is 62.1 Å². The SMILES string of the molecule is O=C(NCCCN1CCCC1=O)c1cnc(-c2ccc(N3CCOCC3)nc2)s1. The number of pyridine rings is 1. The predicted molar refractivity (Wildman–Crippen MR) is 111 cm³/mol. The fourth-order valence-electron chi connectivity index (χ4n) is 3.50. The Balaban J connectivity index is 1.28. The number of hydrogen-bond donors (Lipinski definition) is 1. The summed E-state index contributed by atoms with van der Waals surface area (Å²) in [5.74, 6) is 1.03. The molecule has 2 aromatic heterocycles. The third-order valence-corrected chi connectivity index (χ3v) is 6.17. The molecule has 154 valence electrons. The summed E-state index contributed by atoms with van der Waals surface area (Å²) in [7, 11) is 0. The van der Waals surface area contributed by atoms with Crippen molar-refractivity contribution < 1.29 is 14.3 Å². The lowest BCUT2D eigenvalue weighted by atomic mass is 10.3. The second-order valence-electron chi connectivity index (χ2n) is 7.13. The van der Waals surface area contributed by atoms with Crippen molar-refractivity contribution in [2.45, 2.75) is 19.3 Å². The lowest BCUT2D eigenvalue weighted by Crippen LogP contribution is -2.36. The Bertz CT molecular complexity index is 848. The Morgan fingerprint density at radius 2 is 2.03 bits per heavy atom. The minimum Gasteiger partial charge on any atom is -0.378 e. The normalized spacial score (nSPS) is 17.0. The molecule has 0 aromatic carbocycles. The highest BCUT2D eigenvalue weighted by molar-refractivity contribution is 7.16. The average molecular weight is 416 g/mol. The van der Waals surface area contributed by atoms with E-state index in [9.17, 15) is 9.59 Å². The third kappa shape index (κ3) is 4.91. The zero-order valence-corrected chi connectivity index (χ0v) is 17.1. The van der Waals surface area contributed by atoms with Gasteiger partial charge in [0, 0.05) is 50.9 Å². The summed E-state index contributed by atoms with van der Waals surface area (Å²) in [6.45, 7) is 5.23. The van der Waals surface area contributed by atoms with Crippen LogP contribution in [0, 0.1) is 0 Å². The van der Waals surface area contributed by atoms with Crippen LogP contribution in [-0.2, 0) is 9.53 Å². The first-order chi connectivity index (χ1) is 14.2. The number of ether oxygens (including phenoxy) is 1. The first-order valence-electron chi connectivity index (χ1n) is 10.0. The second kappa shape index (κ2) is 9.32. The highest BCUT2D eigenvalue weighted by atomic mass is 32.1. The molecule has 0 aliphatic carbocycles. The lowest BCUT2D eigenvalue weighted by Gasteiger charge is -2.27. The fraction of sp³-hybridized carbons (Fsp3) is 0.500. The summed E-state index contributed by atoms with van der Waals surface area (Å²) in [4.78, 5) is 37.5. The standard InChI is InChI=1S/C20H25N5O3S/c26-18-3-1-7-25(18)8-2-6-21-19(27)16-14-23-20(29-16)15-4-5-17(22-13-15)24-9-11-28-12-10-24/h4-5,13-14H,1-3,6-12H2,(H,21,27). The number of hydrogen-bond acceptors (Lipinski definition) is 7. The molecular formula is C20H25N5O3S.